The summed E-state index contributed by atoms with van der Waals surface area (Å²) in [5.74, 6) is -2.61. The van der Waals surface area contributed by atoms with Crippen LogP contribution in [0.1, 0.15) is 35.7 Å². The zero-order chi connectivity index (χ0) is 18.0. The molecular weight excluding hydrogens is 326 g/mol. The SMILES string of the molecule is CCC(=O)N1CCCc2cc(NC(=O)c3c(F)cccc3F)ccc21. The molecule has 2 aromatic carbocycles. The molecule has 6 heteroatoms. The minimum absolute atomic E-state index is 0.0474. The number of fused-ring (bicyclic) bond motifs is 1. The normalized spacial score (nSPS) is 13.3. The van der Waals surface area contributed by atoms with Crippen molar-refractivity contribution in [1.82, 2.24) is 0 Å². The van der Waals surface area contributed by atoms with Crippen molar-refractivity contribution in [1.29, 1.82) is 0 Å². The van der Waals surface area contributed by atoms with Gasteiger partial charge in [-0.1, -0.05) is 13.0 Å². The Hall–Kier alpha value is -2.76. The van der Waals surface area contributed by atoms with Crippen molar-refractivity contribution in [3.8, 4) is 0 Å². The van der Waals surface area contributed by atoms with Crippen LogP contribution >= 0.6 is 0 Å². The van der Waals surface area contributed by atoms with Crippen LogP contribution < -0.4 is 10.2 Å². The van der Waals surface area contributed by atoms with E-state index >= 15 is 0 Å². The van der Waals surface area contributed by atoms with E-state index in [1.54, 1.807) is 23.1 Å². The van der Waals surface area contributed by atoms with Gasteiger partial charge in [-0.05, 0) is 48.7 Å². The molecule has 0 aromatic heterocycles. The number of hydrogen-bond acceptors (Lipinski definition) is 2. The molecule has 0 fully saturated rings. The lowest BCUT2D eigenvalue weighted by molar-refractivity contribution is -0.118. The molecule has 3 rings (SSSR count). The fourth-order valence-corrected chi connectivity index (χ4v) is 3.03. The molecular formula is C19H18F2N2O2. The lowest BCUT2D eigenvalue weighted by Gasteiger charge is -2.29. The van der Waals surface area contributed by atoms with Crippen LogP contribution in [-0.4, -0.2) is 18.4 Å². The Kier molecular flexibility index (Phi) is 4.79. The van der Waals surface area contributed by atoms with E-state index in [1.165, 1.54) is 6.07 Å². The summed E-state index contributed by atoms with van der Waals surface area (Å²) in [4.78, 5) is 25.9. The molecule has 0 bridgehead atoms. The first-order valence-corrected chi connectivity index (χ1v) is 8.20. The molecule has 1 aliphatic heterocycles. The molecule has 0 spiro atoms. The average Bonchev–Trinajstić information content (AvgIpc) is 2.60. The van der Waals surface area contributed by atoms with Gasteiger partial charge < -0.3 is 10.2 Å². The second-order valence-electron chi connectivity index (χ2n) is 5.90. The minimum Gasteiger partial charge on any atom is -0.322 e. The molecule has 0 radical (unpaired) electrons. The molecule has 1 heterocycles. The number of rotatable bonds is 3. The Morgan fingerprint density at radius 3 is 2.56 bits per heavy atom. The van der Waals surface area contributed by atoms with E-state index in [2.05, 4.69) is 5.32 Å². The van der Waals surface area contributed by atoms with Crippen LogP contribution in [0.15, 0.2) is 36.4 Å². The van der Waals surface area contributed by atoms with Gasteiger partial charge in [-0.25, -0.2) is 8.78 Å². The van der Waals surface area contributed by atoms with Crippen LogP contribution in [0.4, 0.5) is 20.2 Å². The number of amides is 2. The van der Waals surface area contributed by atoms with Gasteiger partial charge in [-0.2, -0.15) is 0 Å². The third-order valence-corrected chi connectivity index (χ3v) is 4.25. The summed E-state index contributed by atoms with van der Waals surface area (Å²) >= 11 is 0. The highest BCUT2D eigenvalue weighted by Gasteiger charge is 2.22. The Balaban J connectivity index is 1.85. The summed E-state index contributed by atoms with van der Waals surface area (Å²) < 4.78 is 27.4. The second-order valence-corrected chi connectivity index (χ2v) is 5.90. The van der Waals surface area contributed by atoms with Crippen LogP contribution in [0.5, 0.6) is 0 Å². The lowest BCUT2D eigenvalue weighted by atomic mass is 10.0. The molecule has 0 saturated carbocycles. The quantitative estimate of drug-likeness (QED) is 0.918. The molecule has 1 N–H and O–H groups in total. The molecule has 4 nitrogen and oxygen atoms in total. The Morgan fingerprint density at radius 1 is 1.16 bits per heavy atom. The van der Waals surface area contributed by atoms with Gasteiger partial charge in [0, 0.05) is 24.3 Å². The molecule has 25 heavy (non-hydrogen) atoms. The maximum absolute atomic E-state index is 13.7. The van der Waals surface area contributed by atoms with Crippen molar-refractivity contribution < 1.29 is 18.4 Å². The Bertz CT molecular complexity index is 816. The Labute approximate surface area is 144 Å². The third kappa shape index (κ3) is 3.38. The number of nitrogens with one attached hydrogen (secondary N) is 1. The standard InChI is InChI=1S/C19H18F2N2O2/c1-2-17(24)23-10-4-5-12-11-13(8-9-16(12)23)22-19(25)18-14(20)6-3-7-15(18)21/h3,6-9,11H,2,4-5,10H2,1H3,(H,22,25). The van der Waals surface area contributed by atoms with E-state index in [0.717, 1.165) is 36.2 Å². The van der Waals surface area contributed by atoms with Gasteiger partial charge in [0.15, 0.2) is 0 Å². The number of benzene rings is 2. The van der Waals surface area contributed by atoms with Crippen LogP contribution in [0.25, 0.3) is 0 Å². The van der Waals surface area contributed by atoms with Crippen molar-refractivity contribution in [2.24, 2.45) is 0 Å². The molecule has 0 aliphatic carbocycles. The predicted octanol–water partition coefficient (Wildman–Crippen LogP) is 3.91. The third-order valence-electron chi connectivity index (χ3n) is 4.25. The summed E-state index contributed by atoms with van der Waals surface area (Å²) in [7, 11) is 0. The largest absolute Gasteiger partial charge is 0.322 e. The van der Waals surface area contributed by atoms with E-state index in [0.29, 0.717) is 18.7 Å². The maximum atomic E-state index is 13.7. The zero-order valence-corrected chi connectivity index (χ0v) is 13.8. The molecule has 2 aromatic rings. The van der Waals surface area contributed by atoms with Crippen molar-refractivity contribution in [2.75, 3.05) is 16.8 Å². The van der Waals surface area contributed by atoms with Crippen LogP contribution in [-0.2, 0) is 11.2 Å². The first-order chi connectivity index (χ1) is 12.0. The van der Waals surface area contributed by atoms with E-state index in [-0.39, 0.29) is 5.91 Å². The van der Waals surface area contributed by atoms with Gasteiger partial charge in [0.25, 0.3) is 5.91 Å². The van der Waals surface area contributed by atoms with Crippen molar-refractivity contribution in [3.05, 3.63) is 59.2 Å². The summed E-state index contributed by atoms with van der Waals surface area (Å²) in [6.45, 7) is 2.49. The van der Waals surface area contributed by atoms with Crippen molar-refractivity contribution in [2.45, 2.75) is 26.2 Å². The fourth-order valence-electron chi connectivity index (χ4n) is 3.03. The lowest BCUT2D eigenvalue weighted by Crippen LogP contribution is -2.34. The highest BCUT2D eigenvalue weighted by molar-refractivity contribution is 6.05. The molecule has 130 valence electrons. The van der Waals surface area contributed by atoms with Crippen LogP contribution in [0.3, 0.4) is 0 Å². The first-order valence-electron chi connectivity index (χ1n) is 8.20. The van der Waals surface area contributed by atoms with Gasteiger partial charge in [0.2, 0.25) is 5.91 Å². The van der Waals surface area contributed by atoms with E-state index in [1.807, 2.05) is 6.92 Å². The topological polar surface area (TPSA) is 49.4 Å². The number of anilines is 2. The predicted molar refractivity (Wildman–Crippen MR) is 91.7 cm³/mol. The van der Waals surface area contributed by atoms with E-state index in [4.69, 9.17) is 0 Å². The van der Waals surface area contributed by atoms with Gasteiger partial charge in [0.05, 0.1) is 0 Å². The number of hydrogen-bond donors (Lipinski definition) is 1. The first kappa shape index (κ1) is 17.1. The van der Waals surface area contributed by atoms with Gasteiger partial charge in [-0.3, -0.25) is 9.59 Å². The van der Waals surface area contributed by atoms with Crippen LogP contribution in [0.2, 0.25) is 0 Å². The van der Waals surface area contributed by atoms with Crippen LogP contribution in [0, 0.1) is 11.6 Å². The highest BCUT2D eigenvalue weighted by atomic mass is 19.1. The summed E-state index contributed by atoms with van der Waals surface area (Å²) in [6, 6.07) is 8.44. The molecule has 0 atom stereocenters. The zero-order valence-electron chi connectivity index (χ0n) is 13.8. The monoisotopic (exact) mass is 344 g/mol. The number of aryl methyl sites for hydroxylation is 1. The number of nitrogens with zero attached hydrogens (tertiary/aromatic N) is 1. The molecule has 0 saturated heterocycles. The highest BCUT2D eigenvalue weighted by Crippen LogP contribution is 2.30. The van der Waals surface area contributed by atoms with E-state index < -0.39 is 23.1 Å². The van der Waals surface area contributed by atoms with Crippen molar-refractivity contribution >= 4 is 23.2 Å². The average molecular weight is 344 g/mol. The maximum Gasteiger partial charge on any atom is 0.261 e. The van der Waals surface area contributed by atoms with Gasteiger partial charge in [0.1, 0.15) is 17.2 Å². The summed E-state index contributed by atoms with van der Waals surface area (Å²) in [5.41, 5.74) is 1.59. The molecule has 0 unspecified atom stereocenters. The molecule has 1 aliphatic rings. The summed E-state index contributed by atoms with van der Waals surface area (Å²) in [5, 5.41) is 2.53. The second kappa shape index (κ2) is 7.01. The molecule has 2 amide bonds. The number of carbonyl (C=O) groups is 2. The van der Waals surface area contributed by atoms with Gasteiger partial charge >= 0.3 is 0 Å². The number of carbonyl (C=O) groups excluding carboxylic acids is 2. The smallest absolute Gasteiger partial charge is 0.261 e. The van der Waals surface area contributed by atoms with Crippen molar-refractivity contribution in [3.63, 3.8) is 0 Å². The summed E-state index contributed by atoms with van der Waals surface area (Å²) in [6.07, 6.45) is 2.03. The Morgan fingerprint density at radius 2 is 1.88 bits per heavy atom. The minimum atomic E-state index is -0.907. The number of halogens is 2. The fraction of sp³-hybridized carbons (Fsp3) is 0.263. The van der Waals surface area contributed by atoms with Gasteiger partial charge in [-0.15, -0.1) is 0 Å². The van der Waals surface area contributed by atoms with E-state index in [9.17, 15) is 18.4 Å².